The van der Waals surface area contributed by atoms with Gasteiger partial charge in [0.25, 0.3) is 0 Å². The molecule has 5 heteroatoms. The van der Waals surface area contributed by atoms with Gasteiger partial charge < -0.3 is 5.32 Å². The number of nitrogens with zero attached hydrogens (tertiary/aromatic N) is 1. The van der Waals surface area contributed by atoms with Crippen LogP contribution in [-0.2, 0) is 10.2 Å². The quantitative estimate of drug-likeness (QED) is 0.849. The Morgan fingerprint density at radius 3 is 2.71 bits per heavy atom. The number of carbonyl (C=O) groups is 1. The van der Waals surface area contributed by atoms with Crippen LogP contribution in [0.1, 0.15) is 32.0 Å². The SMILES string of the molecule is CC(C)(C)c1cc(NC(=O)/C=C/c2cccc(F)c2)n[nH]1. The fraction of sp³-hybridized carbons (Fsp3) is 0.250. The molecule has 0 aliphatic carbocycles. The van der Waals surface area contributed by atoms with E-state index in [9.17, 15) is 9.18 Å². The minimum Gasteiger partial charge on any atom is -0.306 e. The zero-order chi connectivity index (χ0) is 15.5. The average Bonchev–Trinajstić information content (AvgIpc) is 2.85. The van der Waals surface area contributed by atoms with Crippen LogP contribution in [0.15, 0.2) is 36.4 Å². The number of H-pyrrole nitrogens is 1. The van der Waals surface area contributed by atoms with Crippen molar-refractivity contribution in [2.45, 2.75) is 26.2 Å². The lowest BCUT2D eigenvalue weighted by Gasteiger charge is -2.14. The maximum absolute atomic E-state index is 13.0. The maximum Gasteiger partial charge on any atom is 0.249 e. The molecule has 1 amide bonds. The van der Waals surface area contributed by atoms with Gasteiger partial charge in [0.2, 0.25) is 5.91 Å². The lowest BCUT2D eigenvalue weighted by Crippen LogP contribution is -2.11. The third kappa shape index (κ3) is 4.27. The Hall–Kier alpha value is -2.43. The van der Waals surface area contributed by atoms with Crippen molar-refractivity contribution < 1.29 is 9.18 Å². The number of rotatable bonds is 3. The second-order valence-corrected chi connectivity index (χ2v) is 5.79. The van der Waals surface area contributed by atoms with E-state index in [1.54, 1.807) is 24.3 Å². The molecule has 0 bridgehead atoms. The highest BCUT2D eigenvalue weighted by Crippen LogP contribution is 2.21. The van der Waals surface area contributed by atoms with Crippen LogP contribution in [0.3, 0.4) is 0 Å². The van der Waals surface area contributed by atoms with E-state index in [1.807, 2.05) is 0 Å². The number of anilines is 1. The summed E-state index contributed by atoms with van der Waals surface area (Å²) < 4.78 is 13.0. The Morgan fingerprint density at radius 1 is 1.33 bits per heavy atom. The molecule has 0 aliphatic heterocycles. The predicted molar refractivity (Wildman–Crippen MR) is 81.4 cm³/mol. The molecule has 1 aromatic carbocycles. The van der Waals surface area contributed by atoms with Crippen molar-refractivity contribution in [3.05, 3.63) is 53.5 Å². The summed E-state index contributed by atoms with van der Waals surface area (Å²) in [4.78, 5) is 11.8. The first-order chi connectivity index (χ1) is 9.84. The molecule has 0 radical (unpaired) electrons. The van der Waals surface area contributed by atoms with E-state index < -0.39 is 0 Å². The van der Waals surface area contributed by atoms with Crippen molar-refractivity contribution in [3.8, 4) is 0 Å². The van der Waals surface area contributed by atoms with Gasteiger partial charge in [-0.3, -0.25) is 9.89 Å². The van der Waals surface area contributed by atoms with Crippen molar-refractivity contribution in [1.29, 1.82) is 0 Å². The standard InChI is InChI=1S/C16H18FN3O/c1-16(2,3)13-10-14(20-19-13)18-15(21)8-7-11-5-4-6-12(17)9-11/h4-10H,1-3H3,(H2,18,19,20,21)/b8-7+. The van der Waals surface area contributed by atoms with E-state index in [0.29, 0.717) is 11.4 Å². The summed E-state index contributed by atoms with van der Waals surface area (Å²) in [6, 6.07) is 7.83. The monoisotopic (exact) mass is 287 g/mol. The lowest BCUT2D eigenvalue weighted by molar-refractivity contribution is -0.111. The normalized spacial score (nSPS) is 11.8. The Morgan fingerprint density at radius 2 is 2.10 bits per heavy atom. The van der Waals surface area contributed by atoms with Gasteiger partial charge in [0.1, 0.15) is 5.82 Å². The highest BCUT2D eigenvalue weighted by atomic mass is 19.1. The zero-order valence-electron chi connectivity index (χ0n) is 12.3. The van der Waals surface area contributed by atoms with Gasteiger partial charge in [0, 0.05) is 23.3 Å². The van der Waals surface area contributed by atoms with Gasteiger partial charge in [0.15, 0.2) is 5.82 Å². The second kappa shape index (κ2) is 5.91. The molecule has 21 heavy (non-hydrogen) atoms. The van der Waals surface area contributed by atoms with E-state index in [1.165, 1.54) is 18.2 Å². The fourth-order valence-electron chi connectivity index (χ4n) is 1.72. The van der Waals surface area contributed by atoms with Gasteiger partial charge >= 0.3 is 0 Å². The number of carbonyl (C=O) groups excluding carboxylic acids is 1. The van der Waals surface area contributed by atoms with Crippen LogP contribution in [0.25, 0.3) is 6.08 Å². The van der Waals surface area contributed by atoms with Gasteiger partial charge in [-0.1, -0.05) is 32.9 Å². The lowest BCUT2D eigenvalue weighted by atomic mass is 9.92. The molecule has 2 aromatic rings. The number of aromatic amines is 1. The van der Waals surface area contributed by atoms with Crippen molar-refractivity contribution in [2.24, 2.45) is 0 Å². The van der Waals surface area contributed by atoms with Gasteiger partial charge in [-0.15, -0.1) is 0 Å². The molecule has 2 N–H and O–H groups in total. The van der Waals surface area contributed by atoms with Gasteiger partial charge in [-0.05, 0) is 23.8 Å². The molecular weight excluding hydrogens is 269 g/mol. The Balaban J connectivity index is 2.00. The van der Waals surface area contributed by atoms with Crippen LogP contribution < -0.4 is 5.32 Å². The average molecular weight is 287 g/mol. The van der Waals surface area contributed by atoms with Crippen LogP contribution >= 0.6 is 0 Å². The Kier molecular flexibility index (Phi) is 4.21. The Bertz CT molecular complexity index is 668. The number of hydrogen-bond donors (Lipinski definition) is 2. The van der Waals surface area contributed by atoms with Crippen LogP contribution in [0.5, 0.6) is 0 Å². The number of amides is 1. The van der Waals surface area contributed by atoms with Gasteiger partial charge in [-0.25, -0.2) is 4.39 Å². The molecule has 0 spiro atoms. The summed E-state index contributed by atoms with van der Waals surface area (Å²) in [7, 11) is 0. The zero-order valence-corrected chi connectivity index (χ0v) is 12.3. The molecule has 0 unspecified atom stereocenters. The van der Waals surface area contributed by atoms with Crippen molar-refractivity contribution in [1.82, 2.24) is 10.2 Å². The summed E-state index contributed by atoms with van der Waals surface area (Å²) in [6.07, 6.45) is 2.90. The number of halogens is 1. The predicted octanol–water partition coefficient (Wildman–Crippen LogP) is 3.50. The first kappa shape index (κ1) is 15.0. The fourth-order valence-corrected chi connectivity index (χ4v) is 1.72. The van der Waals surface area contributed by atoms with Crippen molar-refractivity contribution in [2.75, 3.05) is 5.32 Å². The summed E-state index contributed by atoms with van der Waals surface area (Å²) in [5.74, 6) is -0.181. The van der Waals surface area contributed by atoms with E-state index in [-0.39, 0.29) is 17.1 Å². The molecule has 110 valence electrons. The van der Waals surface area contributed by atoms with E-state index >= 15 is 0 Å². The molecule has 0 saturated heterocycles. The van der Waals surface area contributed by atoms with E-state index in [4.69, 9.17) is 0 Å². The van der Waals surface area contributed by atoms with Crippen LogP contribution in [0.2, 0.25) is 0 Å². The first-order valence-corrected chi connectivity index (χ1v) is 6.65. The smallest absolute Gasteiger partial charge is 0.249 e. The molecule has 1 heterocycles. The highest BCUT2D eigenvalue weighted by molar-refractivity contribution is 6.01. The summed E-state index contributed by atoms with van der Waals surface area (Å²) in [5, 5.41) is 9.59. The highest BCUT2D eigenvalue weighted by Gasteiger charge is 2.16. The van der Waals surface area contributed by atoms with E-state index in [2.05, 4.69) is 36.3 Å². The largest absolute Gasteiger partial charge is 0.306 e. The van der Waals surface area contributed by atoms with E-state index in [0.717, 1.165) is 5.69 Å². The number of benzene rings is 1. The van der Waals surface area contributed by atoms with Gasteiger partial charge in [0.05, 0.1) is 0 Å². The molecule has 0 saturated carbocycles. The molecule has 0 aliphatic rings. The van der Waals surface area contributed by atoms with Crippen LogP contribution in [0.4, 0.5) is 10.2 Å². The van der Waals surface area contributed by atoms with Crippen molar-refractivity contribution >= 4 is 17.8 Å². The third-order valence-electron chi connectivity index (χ3n) is 2.91. The minimum atomic E-state index is -0.334. The number of aromatic nitrogens is 2. The Labute approximate surface area is 123 Å². The first-order valence-electron chi connectivity index (χ1n) is 6.65. The number of nitrogens with one attached hydrogen (secondary N) is 2. The summed E-state index contributed by atoms with van der Waals surface area (Å²) in [5.41, 5.74) is 1.50. The van der Waals surface area contributed by atoms with Crippen molar-refractivity contribution in [3.63, 3.8) is 0 Å². The maximum atomic E-state index is 13.0. The molecule has 0 atom stereocenters. The topological polar surface area (TPSA) is 57.8 Å². The summed E-state index contributed by atoms with van der Waals surface area (Å²) in [6.45, 7) is 6.15. The summed E-state index contributed by atoms with van der Waals surface area (Å²) >= 11 is 0. The molecule has 4 nitrogen and oxygen atoms in total. The van der Waals surface area contributed by atoms with Crippen LogP contribution in [-0.4, -0.2) is 16.1 Å². The van der Waals surface area contributed by atoms with Gasteiger partial charge in [-0.2, -0.15) is 5.10 Å². The molecule has 0 fully saturated rings. The minimum absolute atomic E-state index is 0.0621. The molecule has 2 rings (SSSR count). The molecular formula is C16H18FN3O. The second-order valence-electron chi connectivity index (χ2n) is 5.79. The van der Waals surface area contributed by atoms with Crippen LogP contribution in [0, 0.1) is 5.82 Å². The molecule has 1 aromatic heterocycles. The number of hydrogen-bond acceptors (Lipinski definition) is 2. The third-order valence-corrected chi connectivity index (χ3v) is 2.91.